The third-order valence-corrected chi connectivity index (χ3v) is 4.99. The summed E-state index contributed by atoms with van der Waals surface area (Å²) in [4.78, 5) is 12.7. The maximum absolute atomic E-state index is 12.7. The highest BCUT2D eigenvalue weighted by molar-refractivity contribution is 5.83. The number of carbonyl (C=O) groups is 1. The van der Waals surface area contributed by atoms with Crippen molar-refractivity contribution in [2.24, 2.45) is 17.1 Å². The molecule has 1 aromatic carbocycles. The van der Waals surface area contributed by atoms with Gasteiger partial charge >= 0.3 is 0 Å². The van der Waals surface area contributed by atoms with E-state index in [1.165, 1.54) is 5.56 Å². The lowest BCUT2D eigenvalue weighted by molar-refractivity contribution is -0.133. The molecule has 0 unspecified atom stereocenters. The van der Waals surface area contributed by atoms with E-state index >= 15 is 0 Å². The zero-order valence-corrected chi connectivity index (χ0v) is 13.5. The Morgan fingerprint density at radius 1 is 1.43 bits per heavy atom. The topological polar surface area (TPSA) is 55.1 Å². The van der Waals surface area contributed by atoms with Crippen LogP contribution in [0.3, 0.4) is 0 Å². The minimum absolute atomic E-state index is 0.0279. The number of hydrogen-bond acceptors (Lipinski definition) is 2. The van der Waals surface area contributed by atoms with Crippen LogP contribution in [0.1, 0.15) is 56.7 Å². The summed E-state index contributed by atoms with van der Waals surface area (Å²) in [6, 6.07) is 8.33. The van der Waals surface area contributed by atoms with Gasteiger partial charge in [0.25, 0.3) is 0 Å². The normalized spacial score (nSPS) is 27.1. The van der Waals surface area contributed by atoms with E-state index in [1.54, 1.807) is 0 Å². The predicted molar refractivity (Wildman–Crippen MR) is 86.9 cm³/mol. The maximum Gasteiger partial charge on any atom is 0.227 e. The number of hydrogen-bond donors (Lipinski definition) is 2. The molecule has 3 heteroatoms. The molecule has 0 heterocycles. The second-order valence-corrected chi connectivity index (χ2v) is 6.78. The molecule has 0 spiro atoms. The molecule has 3 nitrogen and oxygen atoms in total. The average molecular weight is 288 g/mol. The Hall–Kier alpha value is -1.35. The van der Waals surface area contributed by atoms with Crippen LogP contribution in [0.4, 0.5) is 0 Å². The first kappa shape index (κ1) is 16.0. The Bertz CT molecular complexity index is 490. The molecule has 0 aliphatic heterocycles. The Kier molecular flexibility index (Phi) is 5.04. The van der Waals surface area contributed by atoms with Crippen LogP contribution in [0.2, 0.25) is 0 Å². The molecule has 1 aliphatic rings. The molecule has 1 saturated carbocycles. The van der Waals surface area contributed by atoms with Gasteiger partial charge in [0.2, 0.25) is 5.91 Å². The standard InChI is InChI=1S/C18H28N2O/c1-13-7-9-18(12-19,10-8-13)17(21)20-15(3)16-6-4-5-14(2)11-16/h4-6,11,13,15H,7-10,12,19H2,1-3H3,(H,20,21)/t13?,15-,18?/m0/s1. The lowest BCUT2D eigenvalue weighted by Crippen LogP contribution is -2.48. The molecule has 1 aromatic rings. The molecule has 1 atom stereocenters. The minimum atomic E-state index is -0.357. The van der Waals surface area contributed by atoms with Crippen molar-refractivity contribution in [1.82, 2.24) is 5.32 Å². The monoisotopic (exact) mass is 288 g/mol. The summed E-state index contributed by atoms with van der Waals surface area (Å²) < 4.78 is 0. The van der Waals surface area contributed by atoms with Crippen LogP contribution in [-0.4, -0.2) is 12.5 Å². The van der Waals surface area contributed by atoms with Crippen LogP contribution in [0.5, 0.6) is 0 Å². The molecule has 1 aliphatic carbocycles. The maximum atomic E-state index is 12.7. The molecule has 0 bridgehead atoms. The van der Waals surface area contributed by atoms with Crippen molar-refractivity contribution in [3.8, 4) is 0 Å². The molecule has 21 heavy (non-hydrogen) atoms. The highest BCUT2D eigenvalue weighted by Crippen LogP contribution is 2.38. The van der Waals surface area contributed by atoms with E-state index in [4.69, 9.17) is 5.73 Å². The SMILES string of the molecule is Cc1cccc([C@H](C)NC(=O)C2(CN)CCC(C)CC2)c1. The summed E-state index contributed by atoms with van der Waals surface area (Å²) in [5, 5.41) is 3.18. The second kappa shape index (κ2) is 6.61. The van der Waals surface area contributed by atoms with Gasteiger partial charge in [-0.1, -0.05) is 36.8 Å². The van der Waals surface area contributed by atoms with Crippen LogP contribution < -0.4 is 11.1 Å². The molecule has 2 rings (SSSR count). The molecule has 1 amide bonds. The predicted octanol–water partition coefficient (Wildman–Crippen LogP) is 3.33. The van der Waals surface area contributed by atoms with Gasteiger partial charge in [-0.05, 0) is 51.0 Å². The van der Waals surface area contributed by atoms with Gasteiger partial charge in [-0.3, -0.25) is 4.79 Å². The van der Waals surface area contributed by atoms with Gasteiger partial charge in [0.05, 0.1) is 11.5 Å². The van der Waals surface area contributed by atoms with Crippen molar-refractivity contribution < 1.29 is 4.79 Å². The highest BCUT2D eigenvalue weighted by Gasteiger charge is 2.40. The van der Waals surface area contributed by atoms with Crippen molar-refractivity contribution in [1.29, 1.82) is 0 Å². The fourth-order valence-corrected chi connectivity index (χ4v) is 3.21. The van der Waals surface area contributed by atoms with Crippen LogP contribution in [0.15, 0.2) is 24.3 Å². The van der Waals surface area contributed by atoms with Crippen molar-refractivity contribution in [2.75, 3.05) is 6.54 Å². The van der Waals surface area contributed by atoms with E-state index < -0.39 is 0 Å². The van der Waals surface area contributed by atoms with Crippen LogP contribution in [-0.2, 0) is 4.79 Å². The third kappa shape index (κ3) is 3.65. The fourth-order valence-electron chi connectivity index (χ4n) is 3.21. The van der Waals surface area contributed by atoms with Crippen molar-refractivity contribution in [2.45, 2.75) is 52.5 Å². The van der Waals surface area contributed by atoms with Gasteiger partial charge in [-0.25, -0.2) is 0 Å². The van der Waals surface area contributed by atoms with Crippen molar-refractivity contribution in [3.05, 3.63) is 35.4 Å². The zero-order valence-electron chi connectivity index (χ0n) is 13.5. The van der Waals surface area contributed by atoms with Gasteiger partial charge in [-0.15, -0.1) is 0 Å². The summed E-state index contributed by atoms with van der Waals surface area (Å²) in [5.74, 6) is 0.845. The van der Waals surface area contributed by atoms with Crippen molar-refractivity contribution in [3.63, 3.8) is 0 Å². The van der Waals surface area contributed by atoms with Gasteiger partial charge in [0, 0.05) is 6.54 Å². The zero-order chi connectivity index (χ0) is 15.5. The van der Waals surface area contributed by atoms with Crippen LogP contribution in [0, 0.1) is 18.3 Å². The molecule has 1 fully saturated rings. The number of carbonyl (C=O) groups excluding carboxylic acids is 1. The number of nitrogens with two attached hydrogens (primary N) is 1. The summed E-state index contributed by atoms with van der Waals surface area (Å²) in [6.07, 6.45) is 4.03. The van der Waals surface area contributed by atoms with E-state index in [-0.39, 0.29) is 17.4 Å². The second-order valence-electron chi connectivity index (χ2n) is 6.78. The lowest BCUT2D eigenvalue weighted by atomic mass is 9.70. The number of amides is 1. The molecule has 0 radical (unpaired) electrons. The minimum Gasteiger partial charge on any atom is -0.349 e. The Morgan fingerprint density at radius 3 is 2.67 bits per heavy atom. The van der Waals surface area contributed by atoms with Gasteiger partial charge < -0.3 is 11.1 Å². The third-order valence-electron chi connectivity index (χ3n) is 4.99. The first-order valence-electron chi connectivity index (χ1n) is 8.04. The highest BCUT2D eigenvalue weighted by atomic mass is 16.2. The van der Waals surface area contributed by atoms with E-state index in [2.05, 4.69) is 37.4 Å². The van der Waals surface area contributed by atoms with E-state index in [1.807, 2.05) is 13.0 Å². The first-order valence-corrected chi connectivity index (χ1v) is 8.04. The fraction of sp³-hybridized carbons (Fsp3) is 0.611. The Labute approximate surface area is 128 Å². The van der Waals surface area contributed by atoms with Gasteiger partial charge in [0.1, 0.15) is 0 Å². The number of aryl methyl sites for hydroxylation is 1. The lowest BCUT2D eigenvalue weighted by Gasteiger charge is -2.38. The molecule has 116 valence electrons. The van der Waals surface area contributed by atoms with Crippen molar-refractivity contribution >= 4 is 5.91 Å². The quantitative estimate of drug-likeness (QED) is 0.893. The molecular formula is C18H28N2O. The molecule has 0 aromatic heterocycles. The molecule has 0 saturated heterocycles. The first-order chi connectivity index (χ1) is 9.97. The van der Waals surface area contributed by atoms with Crippen LogP contribution in [0.25, 0.3) is 0 Å². The Morgan fingerprint density at radius 2 is 2.10 bits per heavy atom. The summed E-state index contributed by atoms with van der Waals surface area (Å²) in [7, 11) is 0. The van der Waals surface area contributed by atoms with E-state index in [0.717, 1.165) is 31.2 Å². The largest absolute Gasteiger partial charge is 0.349 e. The van der Waals surface area contributed by atoms with Crippen LogP contribution >= 0.6 is 0 Å². The van der Waals surface area contributed by atoms with Gasteiger partial charge in [-0.2, -0.15) is 0 Å². The smallest absolute Gasteiger partial charge is 0.227 e. The average Bonchev–Trinajstić information content (AvgIpc) is 2.48. The van der Waals surface area contributed by atoms with E-state index in [9.17, 15) is 4.79 Å². The number of nitrogens with one attached hydrogen (secondary N) is 1. The van der Waals surface area contributed by atoms with Gasteiger partial charge in [0.15, 0.2) is 0 Å². The summed E-state index contributed by atoms with van der Waals surface area (Å²) in [6.45, 7) is 6.82. The summed E-state index contributed by atoms with van der Waals surface area (Å²) in [5.41, 5.74) is 7.97. The number of benzene rings is 1. The summed E-state index contributed by atoms with van der Waals surface area (Å²) >= 11 is 0. The number of rotatable bonds is 4. The molecular weight excluding hydrogens is 260 g/mol. The van der Waals surface area contributed by atoms with E-state index in [0.29, 0.717) is 12.5 Å². The molecule has 3 N–H and O–H groups in total. The Balaban J connectivity index is 2.05.